The standard InChI is InChI=1S/C4H8ClF/c1-3(5)4(2)6/h3-4H,1-2H3/t3-,4-/m1/s1. The first-order valence-corrected chi connectivity index (χ1v) is 2.36. The molecule has 0 radical (unpaired) electrons. The zero-order valence-corrected chi connectivity index (χ0v) is 4.67. The van der Waals surface area contributed by atoms with Gasteiger partial charge in [-0.3, -0.25) is 0 Å². The predicted octanol–water partition coefficient (Wildman–Crippen LogP) is 1.97. The molecular formula is C4H8ClF. The molecule has 0 bridgehead atoms. The van der Waals surface area contributed by atoms with E-state index in [9.17, 15) is 4.39 Å². The lowest BCUT2D eigenvalue weighted by Crippen LogP contribution is -2.05. The highest BCUT2D eigenvalue weighted by molar-refractivity contribution is 6.20. The Morgan fingerprint density at radius 2 is 1.67 bits per heavy atom. The Bertz CT molecular complexity index is 28.5. The quantitative estimate of drug-likeness (QED) is 0.453. The first-order chi connectivity index (χ1) is 2.64. The second kappa shape index (κ2) is 2.40. The number of hydrogen-bond acceptors (Lipinski definition) is 0. The molecule has 2 heteroatoms. The van der Waals surface area contributed by atoms with Crippen LogP contribution in [0.25, 0.3) is 0 Å². The summed E-state index contributed by atoms with van der Waals surface area (Å²) in [7, 11) is 0. The lowest BCUT2D eigenvalue weighted by Gasteiger charge is -1.98. The Hall–Kier alpha value is 0.220. The number of rotatable bonds is 1. The van der Waals surface area contributed by atoms with E-state index in [1.165, 1.54) is 6.92 Å². The van der Waals surface area contributed by atoms with Crippen molar-refractivity contribution in [2.24, 2.45) is 0 Å². The largest absolute Gasteiger partial charge is 0.246 e. The minimum absolute atomic E-state index is 0.343. The molecule has 0 aliphatic rings. The van der Waals surface area contributed by atoms with E-state index < -0.39 is 6.17 Å². The van der Waals surface area contributed by atoms with Crippen molar-refractivity contribution >= 4 is 11.6 Å². The first kappa shape index (κ1) is 6.22. The lowest BCUT2D eigenvalue weighted by atomic mass is 10.3. The van der Waals surface area contributed by atoms with Gasteiger partial charge in [0.15, 0.2) is 0 Å². The second-order valence-corrected chi connectivity index (χ2v) is 2.04. The summed E-state index contributed by atoms with van der Waals surface area (Å²) >= 11 is 5.24. The third-order valence-corrected chi connectivity index (χ3v) is 0.980. The maximum absolute atomic E-state index is 11.7. The summed E-state index contributed by atoms with van der Waals surface area (Å²) < 4.78 is 11.7. The molecule has 0 spiro atoms. The molecule has 38 valence electrons. The van der Waals surface area contributed by atoms with Gasteiger partial charge in [-0.25, -0.2) is 4.39 Å². The van der Waals surface area contributed by atoms with Gasteiger partial charge in [0.25, 0.3) is 0 Å². The van der Waals surface area contributed by atoms with E-state index in [1.54, 1.807) is 6.92 Å². The summed E-state index contributed by atoms with van der Waals surface area (Å²) in [6, 6.07) is 0. The van der Waals surface area contributed by atoms with Crippen LogP contribution in [-0.2, 0) is 0 Å². The minimum Gasteiger partial charge on any atom is -0.246 e. The fraction of sp³-hybridized carbons (Fsp3) is 1.00. The molecule has 0 nitrogen and oxygen atoms in total. The van der Waals surface area contributed by atoms with Crippen LogP contribution in [0.1, 0.15) is 13.8 Å². The van der Waals surface area contributed by atoms with Crippen LogP contribution < -0.4 is 0 Å². The number of halogens is 2. The monoisotopic (exact) mass is 110 g/mol. The van der Waals surface area contributed by atoms with Crippen LogP contribution in [0.5, 0.6) is 0 Å². The molecule has 0 unspecified atom stereocenters. The molecule has 0 aliphatic carbocycles. The second-order valence-electron chi connectivity index (χ2n) is 1.36. The number of hydrogen-bond donors (Lipinski definition) is 0. The fourth-order valence-corrected chi connectivity index (χ4v) is 0. The van der Waals surface area contributed by atoms with Gasteiger partial charge in [0.1, 0.15) is 6.17 Å². The highest BCUT2D eigenvalue weighted by atomic mass is 35.5. The van der Waals surface area contributed by atoms with Crippen molar-refractivity contribution in [1.29, 1.82) is 0 Å². The highest BCUT2D eigenvalue weighted by Gasteiger charge is 2.03. The average Bonchev–Trinajstić information content (AvgIpc) is 1.36. The van der Waals surface area contributed by atoms with Gasteiger partial charge in [0.05, 0.1) is 5.38 Å². The summed E-state index contributed by atoms with van der Waals surface area (Å²) in [6.07, 6.45) is -0.883. The van der Waals surface area contributed by atoms with Crippen LogP contribution in [-0.4, -0.2) is 11.5 Å². The summed E-state index contributed by atoms with van der Waals surface area (Å²) in [4.78, 5) is 0. The van der Waals surface area contributed by atoms with E-state index in [4.69, 9.17) is 11.6 Å². The molecule has 0 aromatic heterocycles. The molecule has 0 aromatic rings. The van der Waals surface area contributed by atoms with Crippen LogP contribution in [0.2, 0.25) is 0 Å². The molecule has 0 saturated carbocycles. The molecule has 6 heavy (non-hydrogen) atoms. The molecule has 0 aliphatic heterocycles. The SMILES string of the molecule is C[C@@H](F)[C@@H](C)Cl. The van der Waals surface area contributed by atoms with Gasteiger partial charge in [0.2, 0.25) is 0 Å². The summed E-state index contributed by atoms with van der Waals surface area (Å²) in [5.74, 6) is 0. The maximum atomic E-state index is 11.7. The van der Waals surface area contributed by atoms with Crippen molar-refractivity contribution in [3.8, 4) is 0 Å². The van der Waals surface area contributed by atoms with Crippen LogP contribution in [0, 0.1) is 0 Å². The average molecular weight is 111 g/mol. The summed E-state index contributed by atoms with van der Waals surface area (Å²) in [5, 5.41) is -0.343. The van der Waals surface area contributed by atoms with Crippen LogP contribution in [0.4, 0.5) is 4.39 Å². The third-order valence-electron chi connectivity index (χ3n) is 0.633. The number of alkyl halides is 2. The van der Waals surface area contributed by atoms with Gasteiger partial charge in [0, 0.05) is 0 Å². The Kier molecular flexibility index (Phi) is 2.49. The van der Waals surface area contributed by atoms with Gasteiger partial charge in [-0.1, -0.05) is 0 Å². The summed E-state index contributed by atoms with van der Waals surface area (Å²) in [6.45, 7) is 3.07. The molecule has 2 atom stereocenters. The Morgan fingerprint density at radius 3 is 1.67 bits per heavy atom. The van der Waals surface area contributed by atoms with Gasteiger partial charge < -0.3 is 0 Å². The van der Waals surface area contributed by atoms with Crippen molar-refractivity contribution in [1.82, 2.24) is 0 Å². The van der Waals surface area contributed by atoms with Crippen molar-refractivity contribution in [3.05, 3.63) is 0 Å². The molecule has 0 saturated heterocycles. The van der Waals surface area contributed by atoms with Gasteiger partial charge in [-0.05, 0) is 13.8 Å². The molecule has 0 rings (SSSR count). The molecule has 0 N–H and O–H groups in total. The van der Waals surface area contributed by atoms with Crippen LogP contribution >= 0.6 is 11.6 Å². The van der Waals surface area contributed by atoms with Crippen molar-refractivity contribution < 1.29 is 4.39 Å². The van der Waals surface area contributed by atoms with E-state index in [0.29, 0.717) is 0 Å². The Balaban J connectivity index is 2.99. The van der Waals surface area contributed by atoms with Gasteiger partial charge in [-0.15, -0.1) is 11.6 Å². The Labute approximate surface area is 42.3 Å². The molecular weight excluding hydrogens is 102 g/mol. The lowest BCUT2D eigenvalue weighted by molar-refractivity contribution is 0.357. The maximum Gasteiger partial charge on any atom is 0.113 e. The van der Waals surface area contributed by atoms with Crippen LogP contribution in [0.3, 0.4) is 0 Å². The summed E-state index contributed by atoms with van der Waals surface area (Å²) in [5.41, 5.74) is 0. The van der Waals surface area contributed by atoms with Crippen molar-refractivity contribution in [2.75, 3.05) is 0 Å². The van der Waals surface area contributed by atoms with Crippen molar-refractivity contribution in [2.45, 2.75) is 25.4 Å². The molecule has 0 aromatic carbocycles. The van der Waals surface area contributed by atoms with E-state index in [-0.39, 0.29) is 5.38 Å². The zero-order chi connectivity index (χ0) is 5.15. The molecule has 0 amide bonds. The van der Waals surface area contributed by atoms with Crippen molar-refractivity contribution in [3.63, 3.8) is 0 Å². The van der Waals surface area contributed by atoms with E-state index >= 15 is 0 Å². The van der Waals surface area contributed by atoms with E-state index in [0.717, 1.165) is 0 Å². The predicted molar refractivity (Wildman–Crippen MR) is 25.9 cm³/mol. The first-order valence-electron chi connectivity index (χ1n) is 1.92. The smallest absolute Gasteiger partial charge is 0.113 e. The normalized spacial score (nSPS) is 20.0. The fourth-order valence-electron chi connectivity index (χ4n) is 0. The third kappa shape index (κ3) is 2.46. The van der Waals surface area contributed by atoms with Gasteiger partial charge >= 0.3 is 0 Å². The zero-order valence-electron chi connectivity index (χ0n) is 3.91. The minimum atomic E-state index is -0.883. The highest BCUT2D eigenvalue weighted by Crippen LogP contribution is 2.02. The Morgan fingerprint density at radius 1 is 1.50 bits per heavy atom. The van der Waals surface area contributed by atoms with Gasteiger partial charge in [-0.2, -0.15) is 0 Å². The van der Waals surface area contributed by atoms with E-state index in [1.807, 2.05) is 0 Å². The molecule has 0 heterocycles. The van der Waals surface area contributed by atoms with Crippen LogP contribution in [0.15, 0.2) is 0 Å². The molecule has 0 fully saturated rings. The van der Waals surface area contributed by atoms with E-state index in [2.05, 4.69) is 0 Å². The topological polar surface area (TPSA) is 0 Å².